The smallest absolute Gasteiger partial charge is 0.329 e. The summed E-state index contributed by atoms with van der Waals surface area (Å²) in [5, 5.41) is 18.8. The molecule has 0 aliphatic heterocycles. The first-order valence-corrected chi connectivity index (χ1v) is 6.34. The predicted octanol–water partition coefficient (Wildman–Crippen LogP) is 1.53. The molecule has 1 aliphatic carbocycles. The van der Waals surface area contributed by atoms with Gasteiger partial charge in [0.05, 0.1) is 6.61 Å². The number of amides is 1. The maximum absolute atomic E-state index is 12.2. The summed E-state index contributed by atoms with van der Waals surface area (Å²) < 4.78 is 0. The molecule has 1 amide bonds. The second-order valence-electron chi connectivity index (χ2n) is 4.50. The maximum atomic E-state index is 12.2. The lowest BCUT2D eigenvalue weighted by Gasteiger charge is -2.28. The Hall–Kier alpha value is -1.59. The standard InChI is InChI=1S/C13H14ClNO4/c14-9-2-1-3-10(6-9)15(11(7-16)13(18)19)12(17)8-4-5-8/h1-3,6,8,11,16H,4-5,7H2,(H,18,19)/t11-/m0/s1. The topological polar surface area (TPSA) is 77.8 Å². The SMILES string of the molecule is O=C(O)[C@H](CO)N(C(=O)C1CC1)c1cccc(Cl)c1. The molecule has 2 N–H and O–H groups in total. The molecule has 0 heterocycles. The van der Waals surface area contributed by atoms with Crippen LogP contribution in [0.25, 0.3) is 0 Å². The highest BCUT2D eigenvalue weighted by Crippen LogP contribution is 2.34. The Morgan fingerprint density at radius 1 is 1.42 bits per heavy atom. The zero-order chi connectivity index (χ0) is 14.0. The molecule has 102 valence electrons. The van der Waals surface area contributed by atoms with Gasteiger partial charge in [-0.3, -0.25) is 9.69 Å². The summed E-state index contributed by atoms with van der Waals surface area (Å²) in [4.78, 5) is 24.6. The molecule has 5 nitrogen and oxygen atoms in total. The number of benzene rings is 1. The number of aliphatic hydroxyl groups is 1. The van der Waals surface area contributed by atoms with Crippen molar-refractivity contribution in [2.24, 2.45) is 5.92 Å². The van der Waals surface area contributed by atoms with E-state index in [0.29, 0.717) is 10.7 Å². The lowest BCUT2D eigenvalue weighted by Crippen LogP contribution is -2.48. The minimum atomic E-state index is -1.29. The van der Waals surface area contributed by atoms with E-state index in [1.54, 1.807) is 18.2 Å². The minimum absolute atomic E-state index is 0.146. The number of rotatable bonds is 5. The summed E-state index contributed by atoms with van der Waals surface area (Å²) in [5.41, 5.74) is 0.394. The van der Waals surface area contributed by atoms with Gasteiger partial charge in [-0.05, 0) is 31.0 Å². The summed E-state index contributed by atoms with van der Waals surface area (Å²) in [7, 11) is 0. The van der Waals surface area contributed by atoms with Gasteiger partial charge in [-0.15, -0.1) is 0 Å². The lowest BCUT2D eigenvalue weighted by atomic mass is 10.1. The molecule has 0 unspecified atom stereocenters. The highest BCUT2D eigenvalue weighted by Gasteiger charge is 2.39. The third-order valence-electron chi connectivity index (χ3n) is 3.02. The zero-order valence-electron chi connectivity index (χ0n) is 10.1. The van der Waals surface area contributed by atoms with Gasteiger partial charge in [-0.2, -0.15) is 0 Å². The van der Waals surface area contributed by atoms with Crippen LogP contribution in [0.3, 0.4) is 0 Å². The van der Waals surface area contributed by atoms with Crippen molar-refractivity contribution in [2.45, 2.75) is 18.9 Å². The number of carbonyl (C=O) groups excluding carboxylic acids is 1. The van der Waals surface area contributed by atoms with Gasteiger partial charge in [-0.25, -0.2) is 4.79 Å². The fraction of sp³-hybridized carbons (Fsp3) is 0.385. The Morgan fingerprint density at radius 3 is 2.58 bits per heavy atom. The van der Waals surface area contributed by atoms with Crippen LogP contribution in [0.4, 0.5) is 5.69 Å². The molecule has 19 heavy (non-hydrogen) atoms. The molecule has 0 saturated heterocycles. The van der Waals surface area contributed by atoms with Gasteiger partial charge in [0.1, 0.15) is 0 Å². The fourth-order valence-corrected chi connectivity index (χ4v) is 2.07. The highest BCUT2D eigenvalue weighted by atomic mass is 35.5. The van der Waals surface area contributed by atoms with Gasteiger partial charge in [0.15, 0.2) is 6.04 Å². The molecule has 1 saturated carbocycles. The van der Waals surface area contributed by atoms with E-state index in [4.69, 9.17) is 16.7 Å². The van der Waals surface area contributed by atoms with Gasteiger partial charge in [0, 0.05) is 16.6 Å². The number of nitrogens with zero attached hydrogens (tertiary/aromatic N) is 1. The van der Waals surface area contributed by atoms with E-state index in [-0.39, 0.29) is 11.8 Å². The van der Waals surface area contributed by atoms with Crippen molar-refractivity contribution in [3.8, 4) is 0 Å². The Labute approximate surface area is 115 Å². The number of carboxylic acids is 1. The van der Waals surface area contributed by atoms with Crippen LogP contribution in [-0.4, -0.2) is 34.7 Å². The summed E-state index contributed by atoms with van der Waals surface area (Å²) >= 11 is 5.87. The number of hydrogen-bond acceptors (Lipinski definition) is 3. The zero-order valence-corrected chi connectivity index (χ0v) is 10.9. The number of carbonyl (C=O) groups is 2. The Balaban J connectivity index is 2.38. The van der Waals surface area contributed by atoms with Gasteiger partial charge < -0.3 is 10.2 Å². The predicted molar refractivity (Wildman–Crippen MR) is 70.2 cm³/mol. The molecular weight excluding hydrogens is 270 g/mol. The number of carboxylic acid groups (broad SMARTS) is 1. The second kappa shape index (κ2) is 5.59. The molecule has 1 fully saturated rings. The molecule has 1 aromatic carbocycles. The highest BCUT2D eigenvalue weighted by molar-refractivity contribution is 6.31. The van der Waals surface area contributed by atoms with Crippen LogP contribution in [-0.2, 0) is 9.59 Å². The van der Waals surface area contributed by atoms with Crippen LogP contribution in [0, 0.1) is 5.92 Å². The molecule has 0 radical (unpaired) electrons. The third-order valence-corrected chi connectivity index (χ3v) is 3.26. The van der Waals surface area contributed by atoms with E-state index in [1.165, 1.54) is 6.07 Å². The summed E-state index contributed by atoms with van der Waals surface area (Å²) in [6.07, 6.45) is 1.52. The average Bonchev–Trinajstić information content (AvgIpc) is 3.18. The molecule has 6 heteroatoms. The first-order valence-electron chi connectivity index (χ1n) is 5.97. The average molecular weight is 284 g/mol. The van der Waals surface area contributed by atoms with Gasteiger partial charge in [0.2, 0.25) is 5.91 Å². The van der Waals surface area contributed by atoms with Crippen molar-refractivity contribution < 1.29 is 19.8 Å². The molecule has 0 spiro atoms. The maximum Gasteiger partial charge on any atom is 0.329 e. The quantitative estimate of drug-likeness (QED) is 0.859. The van der Waals surface area contributed by atoms with Crippen LogP contribution in [0.5, 0.6) is 0 Å². The van der Waals surface area contributed by atoms with Crippen molar-refractivity contribution in [3.63, 3.8) is 0 Å². The number of anilines is 1. The molecule has 1 aromatic rings. The number of halogens is 1. The van der Waals surface area contributed by atoms with Crippen LogP contribution in [0.2, 0.25) is 5.02 Å². The summed E-state index contributed by atoms with van der Waals surface area (Å²) in [6.45, 7) is -0.639. The molecule has 0 bridgehead atoms. The molecule has 1 atom stereocenters. The van der Waals surface area contributed by atoms with Crippen molar-refractivity contribution in [1.29, 1.82) is 0 Å². The summed E-state index contributed by atoms with van der Waals surface area (Å²) in [5.74, 6) is -1.66. The van der Waals surface area contributed by atoms with Gasteiger partial charge >= 0.3 is 5.97 Å². The monoisotopic (exact) mass is 283 g/mol. The van der Waals surface area contributed by atoms with Crippen molar-refractivity contribution in [3.05, 3.63) is 29.3 Å². The van der Waals surface area contributed by atoms with E-state index in [9.17, 15) is 14.7 Å². The first-order chi connectivity index (χ1) is 9.04. The van der Waals surface area contributed by atoms with Gasteiger partial charge in [0.25, 0.3) is 0 Å². The first kappa shape index (κ1) is 13.8. The van der Waals surface area contributed by atoms with Crippen LogP contribution in [0.15, 0.2) is 24.3 Å². The van der Waals surface area contributed by atoms with Crippen molar-refractivity contribution in [1.82, 2.24) is 0 Å². The number of aliphatic carboxylic acids is 1. The van der Waals surface area contributed by atoms with E-state index >= 15 is 0 Å². The van der Waals surface area contributed by atoms with Crippen molar-refractivity contribution >= 4 is 29.2 Å². The number of aliphatic hydroxyl groups excluding tert-OH is 1. The molecule has 0 aromatic heterocycles. The van der Waals surface area contributed by atoms with Crippen LogP contribution in [0.1, 0.15) is 12.8 Å². The van der Waals surface area contributed by atoms with E-state index in [2.05, 4.69) is 0 Å². The Bertz CT molecular complexity index is 501. The van der Waals surface area contributed by atoms with E-state index in [0.717, 1.165) is 17.7 Å². The fourth-order valence-electron chi connectivity index (χ4n) is 1.88. The normalized spacial score (nSPS) is 15.9. The minimum Gasteiger partial charge on any atom is -0.480 e. The number of hydrogen-bond donors (Lipinski definition) is 2. The van der Waals surface area contributed by atoms with Crippen LogP contribution < -0.4 is 4.90 Å². The molecule has 2 rings (SSSR count). The second-order valence-corrected chi connectivity index (χ2v) is 4.94. The summed E-state index contributed by atoms with van der Waals surface area (Å²) in [6, 6.07) is 5.12. The molecular formula is C13H14ClNO4. The third kappa shape index (κ3) is 3.05. The largest absolute Gasteiger partial charge is 0.480 e. The lowest BCUT2D eigenvalue weighted by molar-refractivity contribution is -0.141. The van der Waals surface area contributed by atoms with Crippen molar-refractivity contribution in [2.75, 3.05) is 11.5 Å². The Morgan fingerprint density at radius 2 is 2.11 bits per heavy atom. The van der Waals surface area contributed by atoms with Crippen LogP contribution >= 0.6 is 11.6 Å². The van der Waals surface area contributed by atoms with Gasteiger partial charge in [-0.1, -0.05) is 17.7 Å². The molecule has 1 aliphatic rings. The van der Waals surface area contributed by atoms with E-state index < -0.39 is 18.6 Å². The Kier molecular flexibility index (Phi) is 4.07. The van der Waals surface area contributed by atoms with E-state index in [1.807, 2.05) is 0 Å².